The van der Waals surface area contributed by atoms with E-state index in [0.717, 1.165) is 25.3 Å². The number of ether oxygens (including phenoxy) is 1. The molecule has 1 aromatic carbocycles. The summed E-state index contributed by atoms with van der Waals surface area (Å²) in [5, 5.41) is 3.76. The van der Waals surface area contributed by atoms with E-state index in [1.54, 1.807) is 0 Å². The van der Waals surface area contributed by atoms with Gasteiger partial charge in [0.05, 0.1) is 7.11 Å². The summed E-state index contributed by atoms with van der Waals surface area (Å²) < 4.78 is 4.67. The van der Waals surface area contributed by atoms with Crippen LogP contribution >= 0.6 is 0 Å². The number of nitrogens with one attached hydrogen (secondary N) is 1. The van der Waals surface area contributed by atoms with Crippen LogP contribution in [0.5, 0.6) is 0 Å². The maximum absolute atomic E-state index is 11.1. The molecule has 0 unspecified atom stereocenters. The van der Waals surface area contributed by atoms with Gasteiger partial charge in [-0.25, -0.2) is 0 Å². The molecular formula is C20H31NO2. The smallest absolute Gasteiger partial charge is 0.305 e. The molecule has 0 saturated heterocycles. The van der Waals surface area contributed by atoms with Crippen molar-refractivity contribution in [2.24, 2.45) is 5.92 Å². The standard InChI is InChI=1S/C20H31NO2/c1-23-20(22)15-8-3-2-7-12-18-13-9-14-19(18)21-16-17-10-5-4-6-11-17/h4-6,10-11,18-19,21H,2-3,7-9,12-16H2,1H3/t18-,19+/m1/s1. The molecule has 1 fully saturated rings. The van der Waals surface area contributed by atoms with Crippen molar-refractivity contribution in [2.45, 2.75) is 70.4 Å². The largest absolute Gasteiger partial charge is 0.469 e. The predicted molar refractivity (Wildman–Crippen MR) is 94.1 cm³/mol. The Hall–Kier alpha value is -1.35. The van der Waals surface area contributed by atoms with E-state index in [0.29, 0.717) is 12.5 Å². The fraction of sp³-hybridized carbons (Fsp3) is 0.650. The molecule has 1 N–H and O–H groups in total. The quantitative estimate of drug-likeness (QED) is 0.511. The van der Waals surface area contributed by atoms with Crippen molar-refractivity contribution in [1.29, 1.82) is 0 Å². The minimum atomic E-state index is -0.0778. The molecule has 0 aliphatic heterocycles. The highest BCUT2D eigenvalue weighted by Crippen LogP contribution is 2.30. The van der Waals surface area contributed by atoms with Gasteiger partial charge in [-0.1, -0.05) is 56.0 Å². The third-order valence-electron chi connectivity index (χ3n) is 5.00. The number of benzene rings is 1. The molecule has 0 amide bonds. The Kier molecular flexibility index (Phi) is 8.16. The van der Waals surface area contributed by atoms with Crippen molar-refractivity contribution in [3.05, 3.63) is 35.9 Å². The highest BCUT2D eigenvalue weighted by Gasteiger charge is 2.25. The zero-order chi connectivity index (χ0) is 16.3. The van der Waals surface area contributed by atoms with Crippen LogP contribution in [0.4, 0.5) is 0 Å². The SMILES string of the molecule is COC(=O)CCCCCC[C@@H]1CCC[C@@H]1NCc1ccccc1. The molecule has 2 atom stereocenters. The summed E-state index contributed by atoms with van der Waals surface area (Å²) in [6.07, 6.45) is 10.6. The summed E-state index contributed by atoms with van der Waals surface area (Å²) in [5.41, 5.74) is 1.38. The molecule has 2 rings (SSSR count). The second-order valence-corrected chi connectivity index (χ2v) is 6.69. The Bertz CT molecular complexity index is 446. The van der Waals surface area contributed by atoms with Crippen LogP contribution in [0.3, 0.4) is 0 Å². The highest BCUT2D eigenvalue weighted by molar-refractivity contribution is 5.68. The van der Waals surface area contributed by atoms with Crippen molar-refractivity contribution in [2.75, 3.05) is 7.11 Å². The van der Waals surface area contributed by atoms with Gasteiger partial charge in [0.1, 0.15) is 0 Å². The Balaban J connectivity index is 1.58. The summed E-state index contributed by atoms with van der Waals surface area (Å²) >= 11 is 0. The highest BCUT2D eigenvalue weighted by atomic mass is 16.5. The third-order valence-corrected chi connectivity index (χ3v) is 5.00. The molecule has 1 aromatic rings. The number of hydrogen-bond acceptors (Lipinski definition) is 3. The summed E-state index contributed by atoms with van der Waals surface area (Å²) in [6, 6.07) is 11.4. The normalized spacial score (nSPS) is 20.6. The minimum Gasteiger partial charge on any atom is -0.469 e. The summed E-state index contributed by atoms with van der Waals surface area (Å²) in [4.78, 5) is 11.1. The van der Waals surface area contributed by atoms with E-state index in [1.807, 2.05) is 0 Å². The Morgan fingerprint density at radius 3 is 2.70 bits per heavy atom. The van der Waals surface area contributed by atoms with E-state index in [1.165, 1.54) is 51.2 Å². The first kappa shape index (κ1) is 18.0. The summed E-state index contributed by atoms with van der Waals surface area (Å²) in [6.45, 7) is 0.987. The maximum Gasteiger partial charge on any atom is 0.305 e. The van der Waals surface area contributed by atoms with Gasteiger partial charge >= 0.3 is 5.97 Å². The van der Waals surface area contributed by atoms with Crippen LogP contribution in [-0.2, 0) is 16.1 Å². The van der Waals surface area contributed by atoms with E-state index < -0.39 is 0 Å². The van der Waals surface area contributed by atoms with Crippen molar-refractivity contribution in [3.8, 4) is 0 Å². The van der Waals surface area contributed by atoms with Gasteiger partial charge in [-0.3, -0.25) is 4.79 Å². The van der Waals surface area contributed by atoms with E-state index in [-0.39, 0.29) is 5.97 Å². The average molecular weight is 317 g/mol. The lowest BCUT2D eigenvalue weighted by atomic mass is 9.95. The lowest BCUT2D eigenvalue weighted by molar-refractivity contribution is -0.140. The predicted octanol–water partition coefficient (Wildman–Crippen LogP) is 4.46. The third kappa shape index (κ3) is 6.74. The molecule has 1 aliphatic carbocycles. The Morgan fingerprint density at radius 1 is 1.13 bits per heavy atom. The van der Waals surface area contributed by atoms with Crippen molar-refractivity contribution in [1.82, 2.24) is 5.32 Å². The number of unbranched alkanes of at least 4 members (excludes halogenated alkanes) is 3. The minimum absolute atomic E-state index is 0.0778. The molecule has 0 aromatic heterocycles. The lowest BCUT2D eigenvalue weighted by Gasteiger charge is -2.21. The molecule has 0 spiro atoms. The van der Waals surface area contributed by atoms with Gasteiger partial charge in [0.2, 0.25) is 0 Å². The molecule has 0 heterocycles. The molecule has 1 saturated carbocycles. The van der Waals surface area contributed by atoms with E-state index in [2.05, 4.69) is 40.4 Å². The number of rotatable bonds is 10. The van der Waals surface area contributed by atoms with Crippen LogP contribution in [0, 0.1) is 5.92 Å². The molecule has 0 bridgehead atoms. The summed E-state index contributed by atoms with van der Waals surface area (Å²) in [5.74, 6) is 0.755. The van der Waals surface area contributed by atoms with Crippen LogP contribution in [0.25, 0.3) is 0 Å². The van der Waals surface area contributed by atoms with Gasteiger partial charge in [-0.15, -0.1) is 0 Å². The first-order chi connectivity index (χ1) is 11.3. The van der Waals surface area contributed by atoms with Gasteiger partial charge < -0.3 is 10.1 Å². The van der Waals surface area contributed by atoms with Gasteiger partial charge in [-0.2, -0.15) is 0 Å². The Labute approximate surface area is 140 Å². The Morgan fingerprint density at radius 2 is 1.91 bits per heavy atom. The van der Waals surface area contributed by atoms with Gasteiger partial charge in [0.15, 0.2) is 0 Å². The van der Waals surface area contributed by atoms with Crippen LogP contribution in [0.1, 0.15) is 63.4 Å². The number of esters is 1. The fourth-order valence-corrected chi connectivity index (χ4v) is 3.63. The van der Waals surface area contributed by atoms with Crippen molar-refractivity contribution >= 4 is 5.97 Å². The van der Waals surface area contributed by atoms with Crippen LogP contribution in [-0.4, -0.2) is 19.1 Å². The summed E-state index contributed by atoms with van der Waals surface area (Å²) in [7, 11) is 1.46. The van der Waals surface area contributed by atoms with Crippen molar-refractivity contribution in [3.63, 3.8) is 0 Å². The van der Waals surface area contributed by atoms with Crippen LogP contribution in [0.15, 0.2) is 30.3 Å². The van der Waals surface area contributed by atoms with Gasteiger partial charge in [0.25, 0.3) is 0 Å². The average Bonchev–Trinajstić information content (AvgIpc) is 3.04. The molecular weight excluding hydrogens is 286 g/mol. The lowest BCUT2D eigenvalue weighted by Crippen LogP contribution is -2.31. The monoisotopic (exact) mass is 317 g/mol. The van der Waals surface area contributed by atoms with E-state index >= 15 is 0 Å². The zero-order valence-electron chi connectivity index (χ0n) is 14.4. The van der Waals surface area contributed by atoms with Crippen molar-refractivity contribution < 1.29 is 9.53 Å². The van der Waals surface area contributed by atoms with E-state index in [9.17, 15) is 4.79 Å². The second kappa shape index (κ2) is 10.4. The van der Waals surface area contributed by atoms with Gasteiger partial charge in [-0.05, 0) is 37.2 Å². The molecule has 3 heteroatoms. The number of hydrogen-bond donors (Lipinski definition) is 1. The number of carbonyl (C=O) groups excluding carboxylic acids is 1. The molecule has 23 heavy (non-hydrogen) atoms. The van der Waals surface area contributed by atoms with Crippen LogP contribution < -0.4 is 5.32 Å². The maximum atomic E-state index is 11.1. The fourth-order valence-electron chi connectivity index (χ4n) is 3.63. The van der Waals surface area contributed by atoms with Gasteiger partial charge in [0, 0.05) is 19.0 Å². The number of carbonyl (C=O) groups is 1. The second-order valence-electron chi connectivity index (χ2n) is 6.69. The molecule has 128 valence electrons. The van der Waals surface area contributed by atoms with E-state index in [4.69, 9.17) is 0 Å². The zero-order valence-corrected chi connectivity index (χ0v) is 14.4. The number of methoxy groups -OCH3 is 1. The van der Waals surface area contributed by atoms with Crippen LogP contribution in [0.2, 0.25) is 0 Å². The molecule has 1 aliphatic rings. The first-order valence-electron chi connectivity index (χ1n) is 9.13. The molecule has 0 radical (unpaired) electrons. The topological polar surface area (TPSA) is 38.3 Å². The molecule has 3 nitrogen and oxygen atoms in total. The first-order valence-corrected chi connectivity index (χ1v) is 9.13.